The lowest BCUT2D eigenvalue weighted by Crippen LogP contribution is -2.28. The number of carbonyl (C=O) groups is 1. The Hall–Kier alpha value is -2.49. The Balaban J connectivity index is 1.80. The molecule has 0 bridgehead atoms. The number of hydrogen-bond donors (Lipinski definition) is 0. The molecule has 2 aromatic rings. The van der Waals surface area contributed by atoms with E-state index in [-0.39, 0.29) is 5.91 Å². The number of para-hydroxylation sites is 1. The number of methoxy groups -OCH3 is 2. The van der Waals surface area contributed by atoms with E-state index in [9.17, 15) is 4.79 Å². The smallest absolute Gasteiger partial charge is 0.257 e. The van der Waals surface area contributed by atoms with Gasteiger partial charge in [-0.25, -0.2) is 0 Å². The van der Waals surface area contributed by atoms with Gasteiger partial charge in [0.1, 0.15) is 0 Å². The van der Waals surface area contributed by atoms with E-state index in [0.29, 0.717) is 23.0 Å². The zero-order valence-electron chi connectivity index (χ0n) is 13.5. The van der Waals surface area contributed by atoms with Crippen LogP contribution in [0, 0.1) is 0 Å². The average molecular weight is 311 g/mol. The molecule has 120 valence electrons. The maximum Gasteiger partial charge on any atom is 0.257 e. The van der Waals surface area contributed by atoms with Crippen molar-refractivity contribution >= 4 is 5.91 Å². The lowest BCUT2D eigenvalue weighted by Gasteiger charge is -2.19. The van der Waals surface area contributed by atoms with Crippen LogP contribution < -0.4 is 9.47 Å². The van der Waals surface area contributed by atoms with Gasteiger partial charge in [-0.2, -0.15) is 0 Å². The fraction of sp³-hybridized carbons (Fsp3) is 0.316. The van der Waals surface area contributed by atoms with E-state index in [4.69, 9.17) is 9.47 Å². The molecule has 1 aliphatic rings. The van der Waals surface area contributed by atoms with Crippen LogP contribution in [0.1, 0.15) is 28.3 Å². The molecule has 2 aromatic carbocycles. The number of rotatable bonds is 4. The number of nitrogens with zero attached hydrogens (tertiary/aromatic N) is 1. The molecule has 0 aromatic heterocycles. The van der Waals surface area contributed by atoms with Gasteiger partial charge in [-0.1, -0.05) is 36.4 Å². The minimum atomic E-state index is -0.000758. The Morgan fingerprint density at radius 2 is 1.83 bits per heavy atom. The topological polar surface area (TPSA) is 38.8 Å². The second kappa shape index (κ2) is 6.73. The zero-order chi connectivity index (χ0) is 16.2. The van der Waals surface area contributed by atoms with Crippen LogP contribution in [0.25, 0.3) is 0 Å². The predicted molar refractivity (Wildman–Crippen MR) is 89.2 cm³/mol. The molecule has 1 aliphatic heterocycles. The standard InChI is InChI=1S/C19H21NO3/c1-22-17-10-6-9-16(18(17)23-2)19(21)20-12-11-15(13-20)14-7-4-3-5-8-14/h3-10,15H,11-13H2,1-2H3/t15-/m1/s1. The van der Waals surface area contributed by atoms with Gasteiger partial charge in [0.25, 0.3) is 5.91 Å². The minimum absolute atomic E-state index is 0.000758. The molecule has 0 N–H and O–H groups in total. The van der Waals surface area contributed by atoms with Crippen molar-refractivity contribution in [1.29, 1.82) is 0 Å². The van der Waals surface area contributed by atoms with Gasteiger partial charge < -0.3 is 14.4 Å². The molecule has 0 aliphatic carbocycles. The van der Waals surface area contributed by atoms with Crippen molar-refractivity contribution < 1.29 is 14.3 Å². The summed E-state index contributed by atoms with van der Waals surface area (Å²) in [7, 11) is 3.14. The highest BCUT2D eigenvalue weighted by Crippen LogP contribution is 2.34. The Bertz CT molecular complexity index is 684. The summed E-state index contributed by atoms with van der Waals surface area (Å²) in [6.45, 7) is 1.50. The molecule has 0 radical (unpaired) electrons. The monoisotopic (exact) mass is 311 g/mol. The molecule has 0 spiro atoms. The maximum absolute atomic E-state index is 12.9. The molecule has 0 saturated carbocycles. The van der Waals surface area contributed by atoms with E-state index in [0.717, 1.165) is 19.5 Å². The Morgan fingerprint density at radius 3 is 2.52 bits per heavy atom. The van der Waals surface area contributed by atoms with Gasteiger partial charge in [0.05, 0.1) is 19.8 Å². The Kier molecular flexibility index (Phi) is 4.51. The number of benzene rings is 2. The third kappa shape index (κ3) is 3.02. The SMILES string of the molecule is COc1cccc(C(=O)N2CC[C@@H](c3ccccc3)C2)c1OC. The van der Waals surface area contributed by atoms with Crippen LogP contribution in [-0.4, -0.2) is 38.1 Å². The third-order valence-electron chi connectivity index (χ3n) is 4.38. The van der Waals surface area contributed by atoms with Crippen molar-refractivity contribution in [3.05, 3.63) is 59.7 Å². The first-order valence-electron chi connectivity index (χ1n) is 7.79. The summed E-state index contributed by atoms with van der Waals surface area (Å²) >= 11 is 0. The van der Waals surface area contributed by atoms with E-state index in [1.165, 1.54) is 5.56 Å². The molecule has 1 amide bonds. The first-order valence-corrected chi connectivity index (χ1v) is 7.79. The molecule has 1 saturated heterocycles. The molecule has 0 unspecified atom stereocenters. The Labute approximate surface area is 136 Å². The van der Waals surface area contributed by atoms with Crippen molar-refractivity contribution in [3.8, 4) is 11.5 Å². The molecule has 4 heteroatoms. The number of carbonyl (C=O) groups excluding carboxylic acids is 1. The molecule has 1 fully saturated rings. The second-order valence-corrected chi connectivity index (χ2v) is 5.69. The molecule has 1 atom stereocenters. The third-order valence-corrected chi connectivity index (χ3v) is 4.38. The van der Waals surface area contributed by atoms with Crippen LogP contribution >= 0.6 is 0 Å². The first-order chi connectivity index (χ1) is 11.2. The second-order valence-electron chi connectivity index (χ2n) is 5.69. The minimum Gasteiger partial charge on any atom is -0.493 e. The van der Waals surface area contributed by atoms with Crippen LogP contribution in [-0.2, 0) is 0 Å². The van der Waals surface area contributed by atoms with Crippen LogP contribution in [0.15, 0.2) is 48.5 Å². The van der Waals surface area contributed by atoms with Gasteiger partial charge in [0, 0.05) is 19.0 Å². The number of likely N-dealkylation sites (tertiary alicyclic amines) is 1. The highest BCUT2D eigenvalue weighted by atomic mass is 16.5. The fourth-order valence-corrected chi connectivity index (χ4v) is 3.17. The molecule has 23 heavy (non-hydrogen) atoms. The van der Waals surface area contributed by atoms with Gasteiger partial charge in [0.15, 0.2) is 11.5 Å². The lowest BCUT2D eigenvalue weighted by atomic mass is 9.99. The number of ether oxygens (including phenoxy) is 2. The normalized spacial score (nSPS) is 17.1. The van der Waals surface area contributed by atoms with Gasteiger partial charge in [0.2, 0.25) is 0 Å². The van der Waals surface area contributed by atoms with Crippen LogP contribution in [0.5, 0.6) is 11.5 Å². The van der Waals surface area contributed by atoms with Crippen LogP contribution in [0.2, 0.25) is 0 Å². The van der Waals surface area contributed by atoms with Crippen LogP contribution in [0.3, 0.4) is 0 Å². The van der Waals surface area contributed by atoms with E-state index >= 15 is 0 Å². The zero-order valence-corrected chi connectivity index (χ0v) is 13.5. The summed E-state index contributed by atoms with van der Waals surface area (Å²) in [6, 6.07) is 15.8. The molecular formula is C19H21NO3. The number of amides is 1. The first kappa shape index (κ1) is 15.4. The average Bonchev–Trinajstić information content (AvgIpc) is 3.11. The highest BCUT2D eigenvalue weighted by molar-refractivity contribution is 5.98. The molecule has 1 heterocycles. The predicted octanol–water partition coefficient (Wildman–Crippen LogP) is 3.33. The highest BCUT2D eigenvalue weighted by Gasteiger charge is 2.29. The summed E-state index contributed by atoms with van der Waals surface area (Å²) in [6.07, 6.45) is 0.988. The molecule has 3 rings (SSSR count). The summed E-state index contributed by atoms with van der Waals surface area (Å²) in [5.41, 5.74) is 1.85. The van der Waals surface area contributed by atoms with Crippen molar-refractivity contribution in [2.45, 2.75) is 12.3 Å². The summed E-state index contributed by atoms with van der Waals surface area (Å²) < 4.78 is 10.7. The van der Waals surface area contributed by atoms with Crippen molar-refractivity contribution in [2.24, 2.45) is 0 Å². The maximum atomic E-state index is 12.9. The van der Waals surface area contributed by atoms with Crippen molar-refractivity contribution in [1.82, 2.24) is 4.90 Å². The lowest BCUT2D eigenvalue weighted by molar-refractivity contribution is 0.0786. The molecular weight excluding hydrogens is 290 g/mol. The van der Waals surface area contributed by atoms with Gasteiger partial charge in [-0.05, 0) is 24.1 Å². The summed E-state index contributed by atoms with van der Waals surface area (Å²) in [5, 5.41) is 0. The van der Waals surface area contributed by atoms with Gasteiger partial charge in [-0.15, -0.1) is 0 Å². The molecule has 4 nitrogen and oxygen atoms in total. The summed E-state index contributed by atoms with van der Waals surface area (Å²) in [4.78, 5) is 14.8. The van der Waals surface area contributed by atoms with Crippen LogP contribution in [0.4, 0.5) is 0 Å². The largest absolute Gasteiger partial charge is 0.493 e. The van der Waals surface area contributed by atoms with E-state index in [2.05, 4.69) is 12.1 Å². The van der Waals surface area contributed by atoms with Crippen molar-refractivity contribution in [2.75, 3.05) is 27.3 Å². The van der Waals surface area contributed by atoms with E-state index < -0.39 is 0 Å². The van der Waals surface area contributed by atoms with Crippen molar-refractivity contribution in [3.63, 3.8) is 0 Å². The quantitative estimate of drug-likeness (QED) is 0.869. The number of hydrogen-bond acceptors (Lipinski definition) is 3. The van der Waals surface area contributed by atoms with Gasteiger partial charge in [-0.3, -0.25) is 4.79 Å². The summed E-state index contributed by atoms with van der Waals surface area (Å²) in [5.74, 6) is 1.48. The van der Waals surface area contributed by atoms with Gasteiger partial charge >= 0.3 is 0 Å². The Morgan fingerprint density at radius 1 is 1.04 bits per heavy atom. The fourth-order valence-electron chi connectivity index (χ4n) is 3.17. The van der Waals surface area contributed by atoms with E-state index in [1.807, 2.05) is 29.2 Å². The van der Waals surface area contributed by atoms with E-state index in [1.54, 1.807) is 26.4 Å².